The second kappa shape index (κ2) is 11.3. The van der Waals surface area contributed by atoms with E-state index in [1.165, 1.54) is 0 Å². The van der Waals surface area contributed by atoms with Gasteiger partial charge in [-0.15, -0.1) is 0 Å². The number of alkyl carbamates (subject to hydrolysis) is 1. The van der Waals surface area contributed by atoms with Crippen molar-refractivity contribution in [3.63, 3.8) is 0 Å². The van der Waals surface area contributed by atoms with E-state index in [1.807, 2.05) is 20.8 Å². The van der Waals surface area contributed by atoms with Crippen molar-refractivity contribution in [2.75, 3.05) is 33.4 Å². The van der Waals surface area contributed by atoms with Crippen LogP contribution in [0.5, 0.6) is 0 Å². The molecule has 0 fully saturated rings. The smallest absolute Gasteiger partial charge is 0.407 e. The molecule has 0 aromatic heterocycles. The first kappa shape index (κ1) is 20.7. The average molecular weight is 318 g/mol. The predicted octanol–water partition coefficient (Wildman–Crippen LogP) is 1.46. The van der Waals surface area contributed by atoms with Crippen molar-refractivity contribution in [3.05, 3.63) is 0 Å². The van der Waals surface area contributed by atoms with Gasteiger partial charge in [0.25, 0.3) is 0 Å². The van der Waals surface area contributed by atoms with Crippen molar-refractivity contribution in [2.24, 2.45) is 0 Å². The lowest BCUT2D eigenvalue weighted by Gasteiger charge is -2.20. The summed E-state index contributed by atoms with van der Waals surface area (Å²) in [6, 6.07) is 0.0369. The van der Waals surface area contributed by atoms with Crippen molar-refractivity contribution >= 4 is 12.1 Å². The lowest BCUT2D eigenvalue weighted by Crippen LogP contribution is -2.38. The number of ether oxygens (including phenoxy) is 3. The van der Waals surface area contributed by atoms with Crippen LogP contribution in [0.2, 0.25) is 0 Å². The van der Waals surface area contributed by atoms with Gasteiger partial charge in [-0.05, 0) is 40.5 Å². The Kier molecular flexibility index (Phi) is 10.6. The van der Waals surface area contributed by atoms with Crippen molar-refractivity contribution < 1.29 is 23.8 Å². The summed E-state index contributed by atoms with van der Waals surface area (Å²) in [5.41, 5.74) is -0.496. The quantitative estimate of drug-likeness (QED) is 0.468. The largest absolute Gasteiger partial charge is 0.465 e. The van der Waals surface area contributed by atoms with Crippen molar-refractivity contribution in [3.8, 4) is 0 Å². The maximum absolute atomic E-state index is 11.5. The second-order valence-corrected chi connectivity index (χ2v) is 5.91. The van der Waals surface area contributed by atoms with Crippen LogP contribution in [0.25, 0.3) is 0 Å². The minimum atomic E-state index is -0.496. The number of rotatable bonds is 10. The Balaban J connectivity index is 3.90. The minimum Gasteiger partial charge on any atom is -0.465 e. The van der Waals surface area contributed by atoms with Crippen LogP contribution in [0.1, 0.15) is 40.5 Å². The zero-order chi connectivity index (χ0) is 17.0. The molecule has 0 aromatic rings. The normalized spacial score (nSPS) is 12.6. The molecule has 0 bridgehead atoms. The zero-order valence-corrected chi connectivity index (χ0v) is 14.4. The molecule has 1 unspecified atom stereocenters. The molecule has 0 heterocycles. The highest BCUT2D eigenvalue weighted by molar-refractivity contribution is 5.71. The van der Waals surface area contributed by atoms with Crippen LogP contribution in [-0.2, 0) is 19.0 Å². The summed E-state index contributed by atoms with van der Waals surface area (Å²) in [7, 11) is 1.61. The van der Waals surface area contributed by atoms with Gasteiger partial charge in [-0.2, -0.15) is 0 Å². The Bertz CT molecular complexity index is 328. The molecule has 0 aliphatic heterocycles. The van der Waals surface area contributed by atoms with E-state index in [2.05, 4.69) is 10.6 Å². The van der Waals surface area contributed by atoms with E-state index in [4.69, 9.17) is 14.2 Å². The molecule has 0 radical (unpaired) electrons. The van der Waals surface area contributed by atoms with Gasteiger partial charge in [0.1, 0.15) is 5.60 Å². The molecule has 1 amide bonds. The Labute approximate surface area is 133 Å². The van der Waals surface area contributed by atoms with Gasteiger partial charge in [0.05, 0.1) is 19.8 Å². The maximum Gasteiger partial charge on any atom is 0.407 e. The number of esters is 1. The van der Waals surface area contributed by atoms with E-state index in [1.54, 1.807) is 14.0 Å². The predicted molar refractivity (Wildman–Crippen MR) is 83.8 cm³/mol. The van der Waals surface area contributed by atoms with Gasteiger partial charge in [-0.1, -0.05) is 0 Å². The van der Waals surface area contributed by atoms with Crippen LogP contribution in [0, 0.1) is 0 Å². The molecular formula is C15H30N2O5. The van der Waals surface area contributed by atoms with Crippen LogP contribution in [0.4, 0.5) is 4.79 Å². The number of carbonyl (C=O) groups is 2. The van der Waals surface area contributed by atoms with E-state index in [9.17, 15) is 9.59 Å². The van der Waals surface area contributed by atoms with Gasteiger partial charge < -0.3 is 24.8 Å². The Morgan fingerprint density at radius 1 is 1.23 bits per heavy atom. The molecule has 0 saturated carbocycles. The fourth-order valence-electron chi connectivity index (χ4n) is 1.74. The first-order valence-corrected chi connectivity index (χ1v) is 7.63. The third-order valence-corrected chi connectivity index (χ3v) is 2.61. The van der Waals surface area contributed by atoms with E-state index in [-0.39, 0.29) is 18.6 Å². The number of carbonyl (C=O) groups excluding carboxylic acids is 2. The van der Waals surface area contributed by atoms with Crippen LogP contribution in [-0.4, -0.2) is 57.1 Å². The molecule has 0 rings (SSSR count). The van der Waals surface area contributed by atoms with E-state index < -0.39 is 11.7 Å². The number of nitrogens with one attached hydrogen (secondary N) is 2. The topological polar surface area (TPSA) is 85.9 Å². The highest BCUT2D eigenvalue weighted by Gasteiger charge is 2.16. The van der Waals surface area contributed by atoms with Crippen LogP contribution in [0.3, 0.4) is 0 Å². The molecule has 0 aromatic carbocycles. The van der Waals surface area contributed by atoms with Crippen molar-refractivity contribution in [2.45, 2.75) is 52.2 Å². The third kappa shape index (κ3) is 12.4. The molecule has 0 aliphatic rings. The molecular weight excluding hydrogens is 288 g/mol. The molecule has 130 valence electrons. The van der Waals surface area contributed by atoms with Crippen molar-refractivity contribution in [1.82, 2.24) is 10.6 Å². The summed E-state index contributed by atoms with van der Waals surface area (Å²) in [5.74, 6) is -0.282. The molecule has 0 saturated heterocycles. The molecule has 1 atom stereocenters. The standard InChI is InChI=1S/C15H30N2O5/c1-6-21-13(18)10-17-12(11-20-5)8-7-9-16-14(19)22-15(2,3)4/h12,17H,6-11H2,1-5H3,(H,16,19). The second-order valence-electron chi connectivity index (χ2n) is 5.91. The molecule has 7 heteroatoms. The van der Waals surface area contributed by atoms with Gasteiger partial charge in [0.2, 0.25) is 0 Å². The van der Waals surface area contributed by atoms with Gasteiger partial charge >= 0.3 is 12.1 Å². The van der Waals surface area contributed by atoms with Crippen LogP contribution in [0.15, 0.2) is 0 Å². The number of methoxy groups -OCH3 is 1. The molecule has 0 aliphatic carbocycles. The lowest BCUT2D eigenvalue weighted by atomic mass is 10.1. The number of hydrogen-bond acceptors (Lipinski definition) is 6. The van der Waals surface area contributed by atoms with Crippen LogP contribution < -0.4 is 10.6 Å². The molecule has 22 heavy (non-hydrogen) atoms. The fraction of sp³-hybridized carbons (Fsp3) is 0.867. The SMILES string of the molecule is CCOC(=O)CNC(CCCNC(=O)OC(C)(C)C)COC. The summed E-state index contributed by atoms with van der Waals surface area (Å²) in [4.78, 5) is 22.8. The zero-order valence-electron chi connectivity index (χ0n) is 14.4. The summed E-state index contributed by atoms with van der Waals surface area (Å²) in [5, 5.41) is 5.79. The summed E-state index contributed by atoms with van der Waals surface area (Å²) in [6.07, 6.45) is 1.10. The Morgan fingerprint density at radius 3 is 2.45 bits per heavy atom. The van der Waals surface area contributed by atoms with E-state index >= 15 is 0 Å². The Hall–Kier alpha value is -1.34. The van der Waals surface area contributed by atoms with Gasteiger partial charge in [0.15, 0.2) is 0 Å². The molecule has 2 N–H and O–H groups in total. The Morgan fingerprint density at radius 2 is 1.91 bits per heavy atom. The van der Waals surface area contributed by atoms with Gasteiger partial charge in [0, 0.05) is 19.7 Å². The highest BCUT2D eigenvalue weighted by Crippen LogP contribution is 2.06. The summed E-state index contributed by atoms with van der Waals surface area (Å²) >= 11 is 0. The lowest BCUT2D eigenvalue weighted by molar-refractivity contribution is -0.142. The van der Waals surface area contributed by atoms with Crippen LogP contribution >= 0.6 is 0 Å². The van der Waals surface area contributed by atoms with E-state index in [0.717, 1.165) is 12.8 Å². The maximum atomic E-state index is 11.5. The first-order chi connectivity index (χ1) is 10.3. The molecule has 0 spiro atoms. The highest BCUT2D eigenvalue weighted by atomic mass is 16.6. The van der Waals surface area contributed by atoms with E-state index in [0.29, 0.717) is 19.8 Å². The summed E-state index contributed by atoms with van der Waals surface area (Å²) < 4.78 is 15.1. The first-order valence-electron chi connectivity index (χ1n) is 7.63. The number of hydrogen-bond donors (Lipinski definition) is 2. The van der Waals surface area contributed by atoms with Gasteiger partial charge in [-0.3, -0.25) is 4.79 Å². The van der Waals surface area contributed by atoms with Crippen molar-refractivity contribution in [1.29, 1.82) is 0 Å². The number of amides is 1. The average Bonchev–Trinajstić information content (AvgIpc) is 2.39. The third-order valence-electron chi connectivity index (χ3n) is 2.61. The van der Waals surface area contributed by atoms with Gasteiger partial charge in [-0.25, -0.2) is 4.79 Å². The monoisotopic (exact) mass is 318 g/mol. The molecule has 7 nitrogen and oxygen atoms in total. The fourth-order valence-corrected chi connectivity index (χ4v) is 1.74. The summed E-state index contributed by atoms with van der Waals surface area (Å²) in [6.45, 7) is 8.76. The minimum absolute atomic E-state index is 0.0369.